The predicted molar refractivity (Wildman–Crippen MR) is 181 cm³/mol. The number of alkyl carbamates (subject to hydrolysis) is 1. The van der Waals surface area contributed by atoms with Gasteiger partial charge in [-0.2, -0.15) is 0 Å². The number of thiazole rings is 2. The first-order valence-corrected chi connectivity index (χ1v) is 16.5. The maximum atomic E-state index is 12.8. The number of aromatic nitrogens is 3. The van der Waals surface area contributed by atoms with Gasteiger partial charge in [0.25, 0.3) is 0 Å². The number of rotatable bonds is 8. The molecule has 9 nitrogen and oxygen atoms in total. The van der Waals surface area contributed by atoms with E-state index in [0.29, 0.717) is 18.5 Å². The van der Waals surface area contributed by atoms with E-state index in [1.165, 1.54) is 11.3 Å². The number of carbonyl (C=O) groups excluding carboxylic acids is 2. The average Bonchev–Trinajstić information content (AvgIpc) is 3.64. The molecule has 0 spiro atoms. The van der Waals surface area contributed by atoms with Gasteiger partial charge >= 0.3 is 6.09 Å². The Labute approximate surface area is 275 Å². The SMILES string of the molecule is CC1(O)CC(NC(=O)OC(C)(C)C)(c2ccc(-c3nc(-c4cnc(-c5ccc(CC(N)=O)nc5)s4)sc3-c3ccccc3)cc2)C1. The fourth-order valence-corrected chi connectivity index (χ4v) is 7.84. The van der Waals surface area contributed by atoms with Crippen LogP contribution in [0, 0.1) is 0 Å². The molecule has 6 rings (SSSR count). The van der Waals surface area contributed by atoms with Crippen molar-refractivity contribution in [3.63, 3.8) is 0 Å². The zero-order chi connectivity index (χ0) is 32.7. The lowest BCUT2D eigenvalue weighted by molar-refractivity contribution is -0.117. The summed E-state index contributed by atoms with van der Waals surface area (Å²) in [5, 5.41) is 15.3. The highest BCUT2D eigenvalue weighted by Crippen LogP contribution is 2.49. The number of carbonyl (C=O) groups is 2. The monoisotopic (exact) mass is 653 g/mol. The van der Waals surface area contributed by atoms with Crippen LogP contribution >= 0.6 is 22.7 Å². The number of nitrogens with two attached hydrogens (primary N) is 1. The number of pyridine rings is 1. The molecule has 0 saturated heterocycles. The van der Waals surface area contributed by atoms with Gasteiger partial charge in [0, 0.05) is 42.1 Å². The van der Waals surface area contributed by atoms with Crippen LogP contribution in [0.15, 0.2) is 79.1 Å². The van der Waals surface area contributed by atoms with E-state index in [1.807, 2.05) is 75.5 Å². The van der Waals surface area contributed by atoms with E-state index in [1.54, 1.807) is 30.5 Å². The van der Waals surface area contributed by atoms with Gasteiger partial charge in [-0.15, -0.1) is 22.7 Å². The number of benzene rings is 2. The first kappa shape index (κ1) is 31.5. The Morgan fingerprint density at radius 3 is 2.22 bits per heavy atom. The fraction of sp³-hybridized carbons (Fsp3) is 0.286. The maximum absolute atomic E-state index is 12.8. The van der Waals surface area contributed by atoms with Crippen LogP contribution in [0.4, 0.5) is 4.79 Å². The van der Waals surface area contributed by atoms with Crippen LogP contribution in [0.2, 0.25) is 0 Å². The smallest absolute Gasteiger partial charge is 0.408 e. The summed E-state index contributed by atoms with van der Waals surface area (Å²) >= 11 is 3.13. The van der Waals surface area contributed by atoms with Crippen LogP contribution in [0.3, 0.4) is 0 Å². The van der Waals surface area contributed by atoms with Crippen molar-refractivity contribution in [3.05, 3.63) is 90.4 Å². The Morgan fingerprint density at radius 2 is 1.61 bits per heavy atom. The van der Waals surface area contributed by atoms with Crippen LogP contribution in [0.25, 0.3) is 42.2 Å². The first-order valence-electron chi connectivity index (χ1n) is 14.9. The number of hydrogen-bond acceptors (Lipinski definition) is 9. The van der Waals surface area contributed by atoms with Crippen molar-refractivity contribution in [3.8, 4) is 42.2 Å². The van der Waals surface area contributed by atoms with Crippen LogP contribution in [0.1, 0.15) is 51.8 Å². The minimum absolute atomic E-state index is 0.0938. The van der Waals surface area contributed by atoms with Gasteiger partial charge in [-0.1, -0.05) is 54.6 Å². The quantitative estimate of drug-likeness (QED) is 0.165. The van der Waals surface area contributed by atoms with Gasteiger partial charge in [0.1, 0.15) is 15.6 Å². The van der Waals surface area contributed by atoms with E-state index >= 15 is 0 Å². The normalized spacial score (nSPS) is 19.3. The van der Waals surface area contributed by atoms with E-state index < -0.39 is 28.7 Å². The average molecular weight is 654 g/mol. The summed E-state index contributed by atoms with van der Waals surface area (Å²) in [6.45, 7) is 7.26. The van der Waals surface area contributed by atoms with Gasteiger partial charge < -0.3 is 20.9 Å². The number of aliphatic hydroxyl groups is 1. The lowest BCUT2D eigenvalue weighted by atomic mass is 9.62. The second-order valence-corrected chi connectivity index (χ2v) is 14.9. The van der Waals surface area contributed by atoms with E-state index in [2.05, 4.69) is 27.4 Å². The molecule has 0 aliphatic heterocycles. The summed E-state index contributed by atoms with van der Waals surface area (Å²) in [6, 6.07) is 21.9. The maximum Gasteiger partial charge on any atom is 0.408 e. The third kappa shape index (κ3) is 6.86. The van der Waals surface area contributed by atoms with Crippen LogP contribution in [-0.2, 0) is 21.5 Å². The highest BCUT2D eigenvalue weighted by Gasteiger charge is 2.53. The van der Waals surface area contributed by atoms with Gasteiger partial charge in [-0.05, 0) is 51.0 Å². The largest absolute Gasteiger partial charge is 0.444 e. The number of nitrogens with zero attached hydrogens (tertiary/aromatic N) is 3. The highest BCUT2D eigenvalue weighted by molar-refractivity contribution is 7.25. The van der Waals surface area contributed by atoms with Crippen LogP contribution in [0.5, 0.6) is 0 Å². The molecule has 1 aliphatic carbocycles. The van der Waals surface area contributed by atoms with Crippen molar-refractivity contribution < 1.29 is 19.4 Å². The lowest BCUT2D eigenvalue weighted by Gasteiger charge is -2.52. The molecule has 1 aliphatic rings. The van der Waals surface area contributed by atoms with Crippen molar-refractivity contribution in [2.75, 3.05) is 0 Å². The molecular formula is C35H35N5O4S2. The lowest BCUT2D eigenvalue weighted by Crippen LogP contribution is -2.62. The van der Waals surface area contributed by atoms with Gasteiger partial charge in [-0.3, -0.25) is 9.78 Å². The summed E-state index contributed by atoms with van der Waals surface area (Å²) in [5.41, 5.74) is 8.25. The Kier molecular flexibility index (Phi) is 8.26. The van der Waals surface area contributed by atoms with Gasteiger partial charge in [0.15, 0.2) is 0 Å². The summed E-state index contributed by atoms with van der Waals surface area (Å²) in [4.78, 5) is 40.1. The predicted octanol–water partition coefficient (Wildman–Crippen LogP) is 6.96. The molecule has 3 aromatic heterocycles. The molecule has 0 unspecified atom stereocenters. The van der Waals surface area contributed by atoms with Crippen molar-refractivity contribution >= 4 is 34.7 Å². The number of hydrogen-bond donors (Lipinski definition) is 3. The number of amides is 2. The first-order chi connectivity index (χ1) is 21.8. The Hall–Kier alpha value is -4.45. The van der Waals surface area contributed by atoms with Crippen LogP contribution < -0.4 is 11.1 Å². The Balaban J connectivity index is 1.31. The molecule has 11 heteroatoms. The minimum atomic E-state index is -0.882. The molecule has 46 heavy (non-hydrogen) atoms. The zero-order valence-corrected chi connectivity index (χ0v) is 27.7. The molecule has 1 fully saturated rings. The molecule has 2 amide bonds. The molecular weight excluding hydrogens is 619 g/mol. The highest BCUT2D eigenvalue weighted by atomic mass is 32.1. The molecule has 5 aromatic rings. The molecule has 0 atom stereocenters. The summed E-state index contributed by atoms with van der Waals surface area (Å²) in [7, 11) is 0. The standard InChI is InChI=1S/C35H35N5O4S2/c1-33(2,3)44-32(42)40-35(19-34(4,43)20-35)24-13-10-21(11-14-24)28-29(22-8-6-5-7-9-22)46-31(39-28)26-18-38-30(45-26)23-12-15-25(37-17-23)16-27(36)41/h5-15,17-18,43H,16,19-20H2,1-4H3,(H2,36,41)(H,40,42). The molecule has 0 radical (unpaired) electrons. The van der Waals surface area contributed by atoms with Gasteiger partial charge in [-0.25, -0.2) is 14.8 Å². The van der Waals surface area contributed by atoms with E-state index in [4.69, 9.17) is 15.5 Å². The van der Waals surface area contributed by atoms with Crippen molar-refractivity contribution in [2.24, 2.45) is 5.73 Å². The van der Waals surface area contributed by atoms with E-state index in [0.717, 1.165) is 47.7 Å². The summed E-state index contributed by atoms with van der Waals surface area (Å²) < 4.78 is 5.55. The third-order valence-electron chi connectivity index (χ3n) is 7.62. The van der Waals surface area contributed by atoms with Crippen molar-refractivity contribution in [1.82, 2.24) is 20.3 Å². The number of ether oxygens (including phenoxy) is 1. The number of nitrogens with one attached hydrogen (secondary N) is 1. The summed E-state index contributed by atoms with van der Waals surface area (Å²) in [6.07, 6.45) is 3.88. The Morgan fingerprint density at radius 1 is 0.913 bits per heavy atom. The molecule has 0 bridgehead atoms. The molecule has 3 heterocycles. The van der Waals surface area contributed by atoms with Gasteiger partial charge in [0.05, 0.1) is 33.0 Å². The second kappa shape index (κ2) is 12.1. The van der Waals surface area contributed by atoms with E-state index in [-0.39, 0.29) is 6.42 Å². The minimum Gasteiger partial charge on any atom is -0.444 e. The number of primary amides is 1. The Bertz CT molecular complexity index is 1870. The van der Waals surface area contributed by atoms with E-state index in [9.17, 15) is 14.7 Å². The molecule has 1 saturated carbocycles. The second-order valence-electron chi connectivity index (χ2n) is 12.9. The summed E-state index contributed by atoms with van der Waals surface area (Å²) in [5.74, 6) is -0.423. The van der Waals surface area contributed by atoms with Crippen LogP contribution in [-0.4, -0.2) is 43.3 Å². The van der Waals surface area contributed by atoms with Crippen molar-refractivity contribution in [2.45, 2.75) is 63.7 Å². The molecule has 2 aromatic carbocycles. The topological polar surface area (TPSA) is 140 Å². The molecule has 4 N–H and O–H groups in total. The van der Waals surface area contributed by atoms with Crippen molar-refractivity contribution in [1.29, 1.82) is 0 Å². The molecule has 236 valence electrons. The third-order valence-corrected chi connectivity index (χ3v) is 9.94. The fourth-order valence-electron chi connectivity index (χ4n) is 5.81. The zero-order valence-electron chi connectivity index (χ0n) is 26.0. The van der Waals surface area contributed by atoms with Gasteiger partial charge in [0.2, 0.25) is 5.91 Å².